The molecular weight excluding hydrogens is 531 g/mol. The van der Waals surface area contributed by atoms with Crippen LogP contribution in [-0.2, 0) is 17.5 Å². The average Bonchev–Trinajstić information content (AvgIpc) is 3.72. The molecule has 1 heterocycles. The van der Waals surface area contributed by atoms with Crippen LogP contribution in [0.2, 0.25) is 0 Å². The van der Waals surface area contributed by atoms with Gasteiger partial charge in [-0.25, -0.2) is 0 Å². The van der Waals surface area contributed by atoms with Crippen molar-refractivity contribution in [3.8, 4) is 23.0 Å². The van der Waals surface area contributed by atoms with Gasteiger partial charge in [-0.1, -0.05) is 6.07 Å². The molecule has 2 amide bonds. The van der Waals surface area contributed by atoms with E-state index >= 15 is 0 Å². The summed E-state index contributed by atoms with van der Waals surface area (Å²) in [4.78, 5) is 29.9. The molecule has 0 saturated heterocycles. The lowest BCUT2D eigenvalue weighted by Gasteiger charge is -2.18. The number of aliphatic hydroxyl groups is 1. The second kappa shape index (κ2) is 11.4. The van der Waals surface area contributed by atoms with Crippen LogP contribution in [0.25, 0.3) is 0 Å². The summed E-state index contributed by atoms with van der Waals surface area (Å²) in [6.07, 6.45) is -3.60. The Morgan fingerprint density at radius 1 is 1.02 bits per heavy atom. The summed E-state index contributed by atoms with van der Waals surface area (Å²) in [6, 6.07) is 11.0. The number of carbonyl (C=O) groups excluding carboxylic acids is 2. The van der Waals surface area contributed by atoms with Crippen LogP contribution >= 0.6 is 0 Å². The molecule has 9 nitrogen and oxygen atoms in total. The number of hydrogen-bond acceptors (Lipinski definition) is 7. The van der Waals surface area contributed by atoms with Crippen molar-refractivity contribution in [1.29, 1.82) is 0 Å². The quantitative estimate of drug-likeness (QED) is 0.334. The lowest BCUT2D eigenvalue weighted by atomic mass is 10.1. The molecule has 1 aliphatic carbocycles. The largest absolute Gasteiger partial charge is 0.497 e. The predicted molar refractivity (Wildman–Crippen MR) is 137 cm³/mol. The Morgan fingerprint density at radius 2 is 1.70 bits per heavy atom. The molecule has 1 aliphatic rings. The van der Waals surface area contributed by atoms with Crippen LogP contribution in [0.1, 0.15) is 53.0 Å². The molecular formula is C28H28F3N3O6. The van der Waals surface area contributed by atoms with E-state index in [4.69, 9.17) is 14.2 Å². The molecule has 1 saturated carbocycles. The summed E-state index contributed by atoms with van der Waals surface area (Å²) in [5.74, 6) is -0.340. The van der Waals surface area contributed by atoms with Crippen molar-refractivity contribution in [3.63, 3.8) is 0 Å². The number of aromatic nitrogens is 1. The maximum absolute atomic E-state index is 13.5. The summed E-state index contributed by atoms with van der Waals surface area (Å²) in [5.41, 5.74) is -1.26. The molecule has 3 aromatic rings. The summed E-state index contributed by atoms with van der Waals surface area (Å²) < 4.78 is 56.4. The van der Waals surface area contributed by atoms with E-state index in [-0.39, 0.29) is 29.3 Å². The Hall–Kier alpha value is -4.32. The number of rotatable bonds is 10. The molecule has 212 valence electrons. The first-order chi connectivity index (χ1) is 18.9. The molecule has 12 heteroatoms. The molecule has 1 aromatic heterocycles. The number of nitrogens with zero attached hydrogens (tertiary/aromatic N) is 1. The van der Waals surface area contributed by atoms with Gasteiger partial charge < -0.3 is 30.0 Å². The summed E-state index contributed by atoms with van der Waals surface area (Å²) in [5, 5.41) is 15.1. The minimum Gasteiger partial charge on any atom is -0.497 e. The van der Waals surface area contributed by atoms with Crippen LogP contribution in [0.15, 0.2) is 54.7 Å². The molecule has 0 spiro atoms. The molecule has 2 aromatic carbocycles. The highest BCUT2D eigenvalue weighted by molar-refractivity contribution is 6.01. The predicted octanol–water partition coefficient (Wildman–Crippen LogP) is 4.54. The SMILES string of the molecule is COc1cc(OC)cc(C(=O)NC2(C(=O)NCc3ccc(Oc4ccc(C(C)O)cc4C(F)(F)F)cn3)CC2)c1. The monoisotopic (exact) mass is 559 g/mol. The zero-order chi connectivity index (χ0) is 29.1. The van der Waals surface area contributed by atoms with E-state index in [0.717, 1.165) is 12.1 Å². The van der Waals surface area contributed by atoms with E-state index in [0.29, 0.717) is 30.0 Å². The van der Waals surface area contributed by atoms with Crippen LogP contribution in [-0.4, -0.2) is 41.7 Å². The number of amides is 2. The van der Waals surface area contributed by atoms with E-state index in [2.05, 4.69) is 15.6 Å². The standard InChI is InChI=1S/C28H28F3N3O6/c1-16(35)17-4-7-24(23(12-17)28(29,30)31)40-20-6-5-19(32-15-20)14-33-26(37)27(8-9-27)34-25(36)18-10-21(38-2)13-22(11-18)39-3/h4-7,10-13,15-16,35H,8-9,14H2,1-3H3,(H,33,37)(H,34,36). The molecule has 1 unspecified atom stereocenters. The maximum atomic E-state index is 13.5. The number of carbonyl (C=O) groups is 2. The van der Waals surface area contributed by atoms with E-state index in [1.165, 1.54) is 45.5 Å². The second-order valence-corrected chi connectivity index (χ2v) is 9.34. The molecule has 3 N–H and O–H groups in total. The molecule has 1 fully saturated rings. The Bertz CT molecular complexity index is 1370. The highest BCUT2D eigenvalue weighted by Gasteiger charge is 2.51. The third-order valence-electron chi connectivity index (χ3n) is 6.40. The van der Waals surface area contributed by atoms with Crippen molar-refractivity contribution < 1.29 is 42.1 Å². The van der Waals surface area contributed by atoms with Crippen molar-refractivity contribution in [2.45, 2.75) is 44.1 Å². The second-order valence-electron chi connectivity index (χ2n) is 9.34. The highest BCUT2D eigenvalue weighted by atomic mass is 19.4. The zero-order valence-electron chi connectivity index (χ0n) is 22.0. The number of methoxy groups -OCH3 is 2. The lowest BCUT2D eigenvalue weighted by Crippen LogP contribution is -2.48. The topological polar surface area (TPSA) is 119 Å². The van der Waals surface area contributed by atoms with E-state index in [9.17, 15) is 27.9 Å². The van der Waals surface area contributed by atoms with Crippen LogP contribution in [0.5, 0.6) is 23.0 Å². The van der Waals surface area contributed by atoms with E-state index < -0.39 is 35.0 Å². The number of halogens is 3. The Balaban J connectivity index is 1.37. The molecule has 1 atom stereocenters. The zero-order valence-corrected chi connectivity index (χ0v) is 22.0. The van der Waals surface area contributed by atoms with Gasteiger partial charge in [-0.3, -0.25) is 14.6 Å². The maximum Gasteiger partial charge on any atom is 0.419 e. The number of ether oxygens (including phenoxy) is 3. The van der Waals surface area contributed by atoms with E-state index in [1.54, 1.807) is 18.2 Å². The van der Waals surface area contributed by atoms with Crippen molar-refractivity contribution >= 4 is 11.8 Å². The minimum absolute atomic E-state index is 0.0284. The highest BCUT2D eigenvalue weighted by Crippen LogP contribution is 2.40. The third-order valence-corrected chi connectivity index (χ3v) is 6.40. The number of nitrogens with one attached hydrogen (secondary N) is 2. The average molecular weight is 560 g/mol. The number of hydrogen-bond donors (Lipinski definition) is 3. The number of pyridine rings is 1. The van der Waals surface area contributed by atoms with Crippen molar-refractivity contribution in [1.82, 2.24) is 15.6 Å². The number of aliphatic hydroxyl groups excluding tert-OH is 1. The first-order valence-corrected chi connectivity index (χ1v) is 12.3. The lowest BCUT2D eigenvalue weighted by molar-refractivity contribution is -0.138. The Kier molecular flexibility index (Phi) is 8.19. The third kappa shape index (κ3) is 6.63. The first-order valence-electron chi connectivity index (χ1n) is 12.3. The van der Waals surface area contributed by atoms with Gasteiger partial charge in [0, 0.05) is 11.6 Å². The molecule has 0 aliphatic heterocycles. The van der Waals surface area contributed by atoms with Crippen molar-refractivity contribution in [3.05, 3.63) is 77.1 Å². The number of alkyl halides is 3. The van der Waals surface area contributed by atoms with Gasteiger partial charge in [0.05, 0.1) is 44.3 Å². The van der Waals surface area contributed by atoms with Crippen LogP contribution in [0.3, 0.4) is 0 Å². The fourth-order valence-electron chi connectivity index (χ4n) is 3.92. The Labute approximate surface area is 228 Å². The summed E-state index contributed by atoms with van der Waals surface area (Å²) in [7, 11) is 2.93. The fourth-order valence-corrected chi connectivity index (χ4v) is 3.92. The normalized spacial score (nSPS) is 14.6. The van der Waals surface area contributed by atoms with Gasteiger partial charge in [-0.05, 0) is 61.7 Å². The molecule has 0 bridgehead atoms. The van der Waals surface area contributed by atoms with Gasteiger partial charge in [0.15, 0.2) is 0 Å². The van der Waals surface area contributed by atoms with E-state index in [1.807, 2.05) is 0 Å². The van der Waals surface area contributed by atoms with Crippen LogP contribution in [0.4, 0.5) is 13.2 Å². The Morgan fingerprint density at radius 3 is 2.23 bits per heavy atom. The van der Waals surface area contributed by atoms with Gasteiger partial charge in [0.1, 0.15) is 28.5 Å². The molecule has 4 rings (SSSR count). The van der Waals surface area contributed by atoms with Crippen LogP contribution < -0.4 is 24.8 Å². The van der Waals surface area contributed by atoms with Gasteiger partial charge in [-0.15, -0.1) is 0 Å². The van der Waals surface area contributed by atoms with Gasteiger partial charge >= 0.3 is 6.18 Å². The van der Waals surface area contributed by atoms with Gasteiger partial charge in [0.25, 0.3) is 5.91 Å². The first kappa shape index (κ1) is 28.7. The molecule has 0 radical (unpaired) electrons. The van der Waals surface area contributed by atoms with Gasteiger partial charge in [0.2, 0.25) is 5.91 Å². The number of benzene rings is 2. The molecule has 40 heavy (non-hydrogen) atoms. The minimum atomic E-state index is -4.69. The summed E-state index contributed by atoms with van der Waals surface area (Å²) in [6.45, 7) is 1.40. The fraction of sp³-hybridized carbons (Fsp3) is 0.321. The van der Waals surface area contributed by atoms with Crippen molar-refractivity contribution in [2.75, 3.05) is 14.2 Å². The van der Waals surface area contributed by atoms with Crippen LogP contribution in [0, 0.1) is 0 Å². The van der Waals surface area contributed by atoms with Crippen molar-refractivity contribution in [2.24, 2.45) is 0 Å². The smallest absolute Gasteiger partial charge is 0.419 e. The summed E-state index contributed by atoms with van der Waals surface area (Å²) >= 11 is 0. The van der Waals surface area contributed by atoms with Gasteiger partial charge in [-0.2, -0.15) is 13.2 Å².